The van der Waals surface area contributed by atoms with Gasteiger partial charge in [0.15, 0.2) is 0 Å². The number of carbonyl (C=O) groups excluding carboxylic acids is 2. The van der Waals surface area contributed by atoms with Crippen LogP contribution in [0.3, 0.4) is 0 Å². The van der Waals surface area contributed by atoms with Crippen LogP contribution < -0.4 is 5.32 Å². The Hall–Kier alpha value is -1.72. The van der Waals surface area contributed by atoms with E-state index in [-0.39, 0.29) is 17.9 Å². The summed E-state index contributed by atoms with van der Waals surface area (Å²) >= 11 is 0. The SMILES string of the molecule is CON(C)C(C)Cc1cccc2c1C(=O)NC2=O. The molecule has 5 heteroatoms. The lowest BCUT2D eigenvalue weighted by Gasteiger charge is -2.22. The number of hydrogen-bond acceptors (Lipinski definition) is 4. The summed E-state index contributed by atoms with van der Waals surface area (Å²) < 4.78 is 0. The number of rotatable bonds is 4. The van der Waals surface area contributed by atoms with Crippen LogP contribution >= 0.6 is 0 Å². The molecular formula is C13H16N2O3. The summed E-state index contributed by atoms with van der Waals surface area (Å²) in [5.74, 6) is -0.623. The number of nitrogens with one attached hydrogen (secondary N) is 1. The van der Waals surface area contributed by atoms with Gasteiger partial charge in [-0.15, -0.1) is 0 Å². The molecule has 0 aliphatic carbocycles. The van der Waals surface area contributed by atoms with Crippen molar-refractivity contribution in [1.82, 2.24) is 10.4 Å². The highest BCUT2D eigenvalue weighted by Gasteiger charge is 2.29. The van der Waals surface area contributed by atoms with E-state index in [1.807, 2.05) is 20.0 Å². The van der Waals surface area contributed by atoms with E-state index in [4.69, 9.17) is 4.84 Å². The fourth-order valence-corrected chi connectivity index (χ4v) is 2.09. The molecule has 2 amide bonds. The van der Waals surface area contributed by atoms with Crippen LogP contribution in [0, 0.1) is 0 Å². The molecular weight excluding hydrogens is 232 g/mol. The molecule has 1 atom stereocenters. The minimum atomic E-state index is -0.315. The van der Waals surface area contributed by atoms with Gasteiger partial charge in [-0.05, 0) is 25.0 Å². The zero-order valence-corrected chi connectivity index (χ0v) is 10.7. The van der Waals surface area contributed by atoms with Crippen LogP contribution in [0.1, 0.15) is 33.2 Å². The zero-order valence-electron chi connectivity index (χ0n) is 10.7. The Kier molecular flexibility index (Phi) is 3.45. The lowest BCUT2D eigenvalue weighted by molar-refractivity contribution is -0.135. The Morgan fingerprint density at radius 3 is 2.72 bits per heavy atom. The number of carbonyl (C=O) groups is 2. The van der Waals surface area contributed by atoms with Gasteiger partial charge in [-0.2, -0.15) is 5.06 Å². The molecule has 1 aliphatic rings. The van der Waals surface area contributed by atoms with Gasteiger partial charge in [-0.25, -0.2) is 0 Å². The fraction of sp³-hybridized carbons (Fsp3) is 0.385. The normalized spacial score (nSPS) is 15.8. The van der Waals surface area contributed by atoms with Crippen LogP contribution in [0.25, 0.3) is 0 Å². The second-order valence-corrected chi connectivity index (χ2v) is 4.40. The maximum absolute atomic E-state index is 11.7. The van der Waals surface area contributed by atoms with Crippen LogP contribution in [-0.4, -0.2) is 37.1 Å². The standard InChI is InChI=1S/C13H16N2O3/c1-8(15(2)18-3)7-9-5-4-6-10-11(9)13(17)14-12(10)16/h4-6,8H,7H2,1-3H3,(H,14,16,17). The molecule has 1 heterocycles. The first kappa shape index (κ1) is 12.7. The Morgan fingerprint density at radius 2 is 2.06 bits per heavy atom. The predicted octanol–water partition coefficient (Wildman–Crippen LogP) is 0.994. The summed E-state index contributed by atoms with van der Waals surface area (Å²) in [6, 6.07) is 5.46. The van der Waals surface area contributed by atoms with Gasteiger partial charge in [-0.1, -0.05) is 12.1 Å². The highest BCUT2D eigenvalue weighted by molar-refractivity contribution is 6.22. The van der Waals surface area contributed by atoms with Crippen molar-refractivity contribution in [2.24, 2.45) is 0 Å². The molecule has 1 aromatic carbocycles. The number of amides is 2. The number of likely N-dealkylation sites (N-methyl/N-ethyl adjacent to an activating group) is 1. The molecule has 96 valence electrons. The summed E-state index contributed by atoms with van der Waals surface area (Å²) in [5.41, 5.74) is 1.83. The molecule has 0 aromatic heterocycles. The fourth-order valence-electron chi connectivity index (χ4n) is 2.09. The van der Waals surface area contributed by atoms with Crippen LogP contribution in [0.5, 0.6) is 0 Å². The van der Waals surface area contributed by atoms with Gasteiger partial charge in [-0.3, -0.25) is 14.9 Å². The van der Waals surface area contributed by atoms with Crippen molar-refractivity contribution in [3.63, 3.8) is 0 Å². The quantitative estimate of drug-likeness (QED) is 0.638. The summed E-state index contributed by atoms with van der Waals surface area (Å²) in [4.78, 5) is 28.4. The second-order valence-electron chi connectivity index (χ2n) is 4.40. The number of imide groups is 1. The minimum absolute atomic E-state index is 0.116. The molecule has 5 nitrogen and oxygen atoms in total. The van der Waals surface area contributed by atoms with Crippen molar-refractivity contribution in [2.45, 2.75) is 19.4 Å². The van der Waals surface area contributed by atoms with Crippen LogP contribution in [0.4, 0.5) is 0 Å². The molecule has 0 saturated heterocycles. The maximum atomic E-state index is 11.7. The molecule has 0 bridgehead atoms. The topological polar surface area (TPSA) is 58.6 Å². The Bertz CT molecular complexity index is 499. The number of nitrogens with zero attached hydrogens (tertiary/aromatic N) is 1. The first-order valence-corrected chi connectivity index (χ1v) is 5.79. The van der Waals surface area contributed by atoms with Gasteiger partial charge < -0.3 is 4.84 Å². The smallest absolute Gasteiger partial charge is 0.259 e. The molecule has 0 saturated carbocycles. The van der Waals surface area contributed by atoms with E-state index in [9.17, 15) is 9.59 Å². The summed E-state index contributed by atoms with van der Waals surface area (Å²) in [6.07, 6.45) is 0.647. The lowest BCUT2D eigenvalue weighted by Crippen LogP contribution is -2.30. The van der Waals surface area contributed by atoms with E-state index < -0.39 is 0 Å². The zero-order chi connectivity index (χ0) is 13.3. The third-order valence-corrected chi connectivity index (χ3v) is 3.27. The Balaban J connectivity index is 2.31. The van der Waals surface area contributed by atoms with E-state index >= 15 is 0 Å². The summed E-state index contributed by atoms with van der Waals surface area (Å²) in [7, 11) is 3.43. The molecule has 18 heavy (non-hydrogen) atoms. The minimum Gasteiger partial charge on any atom is -0.302 e. The van der Waals surface area contributed by atoms with Gasteiger partial charge in [0, 0.05) is 13.1 Å². The molecule has 0 spiro atoms. The summed E-state index contributed by atoms with van der Waals surface area (Å²) in [5, 5.41) is 4.03. The number of fused-ring (bicyclic) bond motifs is 1. The third kappa shape index (κ3) is 2.14. The van der Waals surface area contributed by atoms with Crippen LogP contribution in [0.15, 0.2) is 18.2 Å². The van der Waals surface area contributed by atoms with Gasteiger partial charge in [0.2, 0.25) is 0 Å². The highest BCUT2D eigenvalue weighted by Crippen LogP contribution is 2.22. The largest absolute Gasteiger partial charge is 0.302 e. The third-order valence-electron chi connectivity index (χ3n) is 3.27. The lowest BCUT2D eigenvalue weighted by atomic mass is 9.97. The van der Waals surface area contributed by atoms with Gasteiger partial charge in [0.1, 0.15) is 0 Å². The molecule has 1 aliphatic heterocycles. The van der Waals surface area contributed by atoms with E-state index in [1.54, 1.807) is 24.3 Å². The van der Waals surface area contributed by atoms with E-state index in [2.05, 4.69) is 5.32 Å². The van der Waals surface area contributed by atoms with Crippen molar-refractivity contribution in [1.29, 1.82) is 0 Å². The van der Waals surface area contributed by atoms with Crippen molar-refractivity contribution >= 4 is 11.8 Å². The number of benzene rings is 1. The predicted molar refractivity (Wildman–Crippen MR) is 66.2 cm³/mol. The number of hydrogen-bond donors (Lipinski definition) is 1. The van der Waals surface area contributed by atoms with Crippen LogP contribution in [0.2, 0.25) is 0 Å². The molecule has 1 aromatic rings. The molecule has 2 rings (SSSR count). The summed E-state index contributed by atoms with van der Waals surface area (Å²) in [6.45, 7) is 2.00. The highest BCUT2D eigenvalue weighted by atomic mass is 16.7. The average molecular weight is 248 g/mol. The van der Waals surface area contributed by atoms with Crippen LogP contribution in [-0.2, 0) is 11.3 Å². The molecule has 0 radical (unpaired) electrons. The Labute approximate surface area is 106 Å². The van der Waals surface area contributed by atoms with Gasteiger partial charge in [0.25, 0.3) is 11.8 Å². The van der Waals surface area contributed by atoms with E-state index in [1.165, 1.54) is 0 Å². The first-order valence-electron chi connectivity index (χ1n) is 5.79. The van der Waals surface area contributed by atoms with Crippen molar-refractivity contribution in [3.8, 4) is 0 Å². The molecule has 1 N–H and O–H groups in total. The first-order chi connectivity index (χ1) is 8.54. The number of hydroxylamine groups is 2. The van der Waals surface area contributed by atoms with Gasteiger partial charge in [0.05, 0.1) is 18.2 Å². The monoisotopic (exact) mass is 248 g/mol. The van der Waals surface area contributed by atoms with Gasteiger partial charge >= 0.3 is 0 Å². The second kappa shape index (κ2) is 4.88. The average Bonchev–Trinajstić information content (AvgIpc) is 2.65. The van der Waals surface area contributed by atoms with E-state index in [0.717, 1.165) is 5.56 Å². The van der Waals surface area contributed by atoms with Crippen molar-refractivity contribution in [2.75, 3.05) is 14.2 Å². The van der Waals surface area contributed by atoms with E-state index in [0.29, 0.717) is 17.5 Å². The Morgan fingerprint density at radius 1 is 1.33 bits per heavy atom. The molecule has 1 unspecified atom stereocenters. The molecule has 0 fully saturated rings. The van der Waals surface area contributed by atoms with Crippen molar-refractivity contribution < 1.29 is 14.4 Å². The maximum Gasteiger partial charge on any atom is 0.259 e. The van der Waals surface area contributed by atoms with Crippen molar-refractivity contribution in [3.05, 3.63) is 34.9 Å².